The molecular formula is C11H9F3N2. The minimum absolute atomic E-state index is 0.122. The van der Waals surface area contributed by atoms with Crippen LogP contribution in [0.25, 0.3) is 5.69 Å². The number of nitrogens with zero attached hydrogens (tertiary/aromatic N) is 2. The maximum absolute atomic E-state index is 12.5. The van der Waals surface area contributed by atoms with E-state index in [1.807, 2.05) is 0 Å². The van der Waals surface area contributed by atoms with Gasteiger partial charge in [-0.2, -0.15) is 18.3 Å². The average Bonchev–Trinajstić information content (AvgIpc) is 2.61. The minimum Gasteiger partial charge on any atom is -0.240 e. The summed E-state index contributed by atoms with van der Waals surface area (Å²) in [6.07, 6.45) is -3.03. The van der Waals surface area contributed by atoms with E-state index < -0.39 is 11.9 Å². The number of aryl methyl sites for hydroxylation is 1. The second-order valence-electron chi connectivity index (χ2n) is 3.44. The number of hydrogen-bond acceptors (Lipinski definition) is 1. The van der Waals surface area contributed by atoms with Crippen LogP contribution < -0.4 is 0 Å². The molecule has 0 N–H and O–H groups in total. The van der Waals surface area contributed by atoms with Crippen molar-refractivity contribution in [2.24, 2.45) is 0 Å². The fourth-order valence-corrected chi connectivity index (χ4v) is 1.45. The van der Waals surface area contributed by atoms with Crippen molar-refractivity contribution in [3.8, 4) is 5.69 Å². The zero-order valence-corrected chi connectivity index (χ0v) is 8.49. The van der Waals surface area contributed by atoms with Crippen molar-refractivity contribution >= 4 is 0 Å². The Balaban J connectivity index is 2.47. The Bertz CT molecular complexity index is 486. The molecule has 5 heteroatoms. The Kier molecular flexibility index (Phi) is 2.46. The van der Waals surface area contributed by atoms with Crippen LogP contribution in [0.1, 0.15) is 11.3 Å². The zero-order valence-electron chi connectivity index (χ0n) is 8.49. The van der Waals surface area contributed by atoms with Crippen LogP contribution in [0.15, 0.2) is 36.5 Å². The van der Waals surface area contributed by atoms with E-state index in [0.717, 1.165) is 0 Å². The van der Waals surface area contributed by atoms with Gasteiger partial charge in [-0.05, 0) is 24.6 Å². The third-order valence-corrected chi connectivity index (χ3v) is 2.19. The molecule has 84 valence electrons. The molecule has 0 bridgehead atoms. The molecule has 2 aromatic rings. The zero-order chi connectivity index (χ0) is 11.8. The molecule has 16 heavy (non-hydrogen) atoms. The Morgan fingerprint density at radius 1 is 1.12 bits per heavy atom. The summed E-state index contributed by atoms with van der Waals surface area (Å²) in [4.78, 5) is 0. The molecule has 1 aromatic heterocycles. The first-order valence-electron chi connectivity index (χ1n) is 4.67. The van der Waals surface area contributed by atoms with E-state index >= 15 is 0 Å². The molecule has 2 rings (SSSR count). The number of alkyl halides is 3. The number of halogens is 3. The third-order valence-electron chi connectivity index (χ3n) is 2.19. The van der Waals surface area contributed by atoms with Gasteiger partial charge in [0.05, 0.1) is 5.69 Å². The lowest BCUT2D eigenvalue weighted by Gasteiger charge is -2.03. The van der Waals surface area contributed by atoms with Gasteiger partial charge in [0.1, 0.15) is 0 Å². The largest absolute Gasteiger partial charge is 0.435 e. The number of benzene rings is 1. The van der Waals surface area contributed by atoms with Crippen LogP contribution in [-0.2, 0) is 6.18 Å². The molecule has 0 unspecified atom stereocenters. The van der Waals surface area contributed by atoms with Crippen LogP contribution in [0.3, 0.4) is 0 Å². The van der Waals surface area contributed by atoms with Gasteiger partial charge in [0, 0.05) is 6.20 Å². The summed E-state index contributed by atoms with van der Waals surface area (Å²) in [7, 11) is 0. The molecule has 1 heterocycles. The SMILES string of the molecule is Cc1cn(-c2ccccc2)nc1C(F)(F)F. The molecule has 0 aliphatic rings. The Morgan fingerprint density at radius 2 is 1.75 bits per heavy atom. The van der Waals surface area contributed by atoms with Gasteiger partial charge in [-0.1, -0.05) is 18.2 Å². The Labute approximate surface area is 90.3 Å². The van der Waals surface area contributed by atoms with Gasteiger partial charge < -0.3 is 0 Å². The van der Waals surface area contributed by atoms with Gasteiger partial charge in [0.2, 0.25) is 0 Å². The summed E-state index contributed by atoms with van der Waals surface area (Å²) in [6, 6.07) is 8.70. The maximum Gasteiger partial charge on any atom is 0.435 e. The number of hydrogen-bond donors (Lipinski definition) is 0. The van der Waals surface area contributed by atoms with E-state index in [0.29, 0.717) is 5.69 Å². The summed E-state index contributed by atoms with van der Waals surface area (Å²) < 4.78 is 38.7. The van der Waals surface area contributed by atoms with Crippen LogP contribution in [-0.4, -0.2) is 9.78 Å². The summed E-state index contributed by atoms with van der Waals surface area (Å²) in [6.45, 7) is 1.40. The highest BCUT2D eigenvalue weighted by atomic mass is 19.4. The number of rotatable bonds is 1. The van der Waals surface area contributed by atoms with Crippen molar-refractivity contribution < 1.29 is 13.2 Å². The lowest BCUT2D eigenvalue weighted by Crippen LogP contribution is -2.08. The number of aromatic nitrogens is 2. The van der Waals surface area contributed by atoms with Crippen molar-refractivity contribution in [2.45, 2.75) is 13.1 Å². The molecule has 0 atom stereocenters. The highest BCUT2D eigenvalue weighted by Crippen LogP contribution is 2.30. The van der Waals surface area contributed by atoms with Crippen molar-refractivity contribution in [3.05, 3.63) is 47.8 Å². The predicted molar refractivity (Wildman–Crippen MR) is 53.3 cm³/mol. The molecule has 0 fully saturated rings. The van der Waals surface area contributed by atoms with Gasteiger partial charge in [-0.25, -0.2) is 4.68 Å². The second kappa shape index (κ2) is 3.66. The normalized spacial score (nSPS) is 11.8. The molecule has 0 aliphatic carbocycles. The standard InChI is InChI=1S/C11H9F3N2/c1-8-7-16(9-5-3-2-4-6-9)15-10(8)11(12,13)14/h2-7H,1H3. The maximum atomic E-state index is 12.5. The first-order chi connectivity index (χ1) is 7.48. The van der Waals surface area contributed by atoms with Crippen LogP contribution >= 0.6 is 0 Å². The lowest BCUT2D eigenvalue weighted by atomic mass is 10.3. The average molecular weight is 226 g/mol. The van der Waals surface area contributed by atoms with Gasteiger partial charge >= 0.3 is 6.18 Å². The summed E-state index contributed by atoms with van der Waals surface area (Å²) in [5.74, 6) is 0. The van der Waals surface area contributed by atoms with Crippen LogP contribution in [0, 0.1) is 6.92 Å². The topological polar surface area (TPSA) is 17.8 Å². The van der Waals surface area contributed by atoms with E-state index in [9.17, 15) is 13.2 Å². The molecule has 0 spiro atoms. The highest BCUT2D eigenvalue weighted by Gasteiger charge is 2.35. The van der Waals surface area contributed by atoms with E-state index in [2.05, 4.69) is 5.10 Å². The quantitative estimate of drug-likeness (QED) is 0.730. The molecule has 2 nitrogen and oxygen atoms in total. The Hall–Kier alpha value is -1.78. The summed E-state index contributed by atoms with van der Waals surface area (Å²) in [5, 5.41) is 3.54. The van der Waals surface area contributed by atoms with Gasteiger partial charge in [-0.3, -0.25) is 0 Å². The first kappa shape index (κ1) is 10.7. The Morgan fingerprint density at radius 3 is 2.25 bits per heavy atom. The van der Waals surface area contributed by atoms with Crippen LogP contribution in [0.4, 0.5) is 13.2 Å². The lowest BCUT2D eigenvalue weighted by molar-refractivity contribution is -0.141. The minimum atomic E-state index is -4.40. The molecule has 1 aromatic carbocycles. The van der Waals surface area contributed by atoms with E-state index in [4.69, 9.17) is 0 Å². The van der Waals surface area contributed by atoms with E-state index in [1.165, 1.54) is 17.8 Å². The molecule has 0 saturated heterocycles. The fourth-order valence-electron chi connectivity index (χ4n) is 1.45. The van der Waals surface area contributed by atoms with Crippen LogP contribution in [0.5, 0.6) is 0 Å². The van der Waals surface area contributed by atoms with Gasteiger partial charge in [0.15, 0.2) is 5.69 Å². The highest BCUT2D eigenvalue weighted by molar-refractivity contribution is 5.32. The smallest absolute Gasteiger partial charge is 0.240 e. The van der Waals surface area contributed by atoms with E-state index in [1.54, 1.807) is 30.3 Å². The molecular weight excluding hydrogens is 217 g/mol. The van der Waals surface area contributed by atoms with Crippen molar-refractivity contribution in [2.75, 3.05) is 0 Å². The van der Waals surface area contributed by atoms with Gasteiger partial charge in [-0.15, -0.1) is 0 Å². The molecule has 0 amide bonds. The fraction of sp³-hybridized carbons (Fsp3) is 0.182. The summed E-state index contributed by atoms with van der Waals surface area (Å²) in [5.41, 5.74) is -0.103. The molecule has 0 radical (unpaired) electrons. The first-order valence-corrected chi connectivity index (χ1v) is 4.67. The predicted octanol–water partition coefficient (Wildman–Crippen LogP) is 3.20. The number of para-hydroxylation sites is 1. The van der Waals surface area contributed by atoms with Crippen molar-refractivity contribution in [3.63, 3.8) is 0 Å². The van der Waals surface area contributed by atoms with Gasteiger partial charge in [0.25, 0.3) is 0 Å². The van der Waals surface area contributed by atoms with Crippen molar-refractivity contribution in [1.29, 1.82) is 0 Å². The molecule has 0 saturated carbocycles. The van der Waals surface area contributed by atoms with Crippen molar-refractivity contribution in [1.82, 2.24) is 9.78 Å². The summed E-state index contributed by atoms with van der Waals surface area (Å²) >= 11 is 0. The second-order valence-corrected chi connectivity index (χ2v) is 3.44. The monoisotopic (exact) mass is 226 g/mol. The third kappa shape index (κ3) is 1.93. The van der Waals surface area contributed by atoms with Crippen LogP contribution in [0.2, 0.25) is 0 Å². The molecule has 0 aliphatic heterocycles. The van der Waals surface area contributed by atoms with E-state index in [-0.39, 0.29) is 5.56 Å².